The summed E-state index contributed by atoms with van der Waals surface area (Å²) in [5, 5.41) is 10.3. The zero-order valence-corrected chi connectivity index (χ0v) is 43.5. The number of carbonyl (C=O) groups excluding carboxylic acids is 1. The summed E-state index contributed by atoms with van der Waals surface area (Å²) in [6.45, 7) is 12.4. The third-order valence-corrected chi connectivity index (χ3v) is 10.6. The van der Waals surface area contributed by atoms with Gasteiger partial charge in [0, 0.05) is 40.0 Å². The molecule has 6 aromatic rings. The molecule has 1 aromatic heterocycles. The second kappa shape index (κ2) is 23.6. The van der Waals surface area contributed by atoms with Crippen LogP contribution in [0.1, 0.15) is 66.6 Å². The van der Waals surface area contributed by atoms with E-state index in [0.717, 1.165) is 69.4 Å². The molecule has 0 aliphatic carbocycles. The summed E-state index contributed by atoms with van der Waals surface area (Å²) < 4.78 is 34.5. The quantitative estimate of drug-likeness (QED) is 0.0387. The van der Waals surface area contributed by atoms with E-state index in [1.54, 1.807) is 25.3 Å². The fourth-order valence-corrected chi connectivity index (χ4v) is 7.33. The number of aliphatic imine (C=N–C) groups is 2. The van der Waals surface area contributed by atoms with Crippen LogP contribution in [-0.4, -0.2) is 59.0 Å². The number of aldehydes is 1. The van der Waals surface area contributed by atoms with Crippen molar-refractivity contribution in [3.63, 3.8) is 0 Å². The van der Waals surface area contributed by atoms with Gasteiger partial charge < -0.3 is 15.6 Å². The second-order valence-electron chi connectivity index (χ2n) is 16.0. The number of nitrogens with two attached hydrogens (primary N) is 1. The Morgan fingerprint density at radius 1 is 0.778 bits per heavy atom. The van der Waals surface area contributed by atoms with Crippen molar-refractivity contribution in [2.24, 2.45) is 9.98 Å². The number of hydrogen-bond acceptors (Lipinski definition) is 9. The fourth-order valence-electron chi connectivity index (χ4n) is 6.85. The van der Waals surface area contributed by atoms with E-state index >= 15 is 0 Å². The van der Waals surface area contributed by atoms with Crippen LogP contribution in [0.4, 0.5) is 5.69 Å². The number of halogens is 3. The summed E-state index contributed by atoms with van der Waals surface area (Å²) in [4.78, 5) is 25.1. The molecule has 2 aliphatic rings. The molecule has 2 aliphatic heterocycles. The van der Waals surface area contributed by atoms with Crippen molar-refractivity contribution in [2.45, 2.75) is 70.4 Å². The van der Waals surface area contributed by atoms with Gasteiger partial charge in [-0.05, 0) is 107 Å². The molecule has 8 rings (SSSR count). The van der Waals surface area contributed by atoms with E-state index < -0.39 is 10.1 Å². The Hall–Kier alpha value is -4.24. The fraction of sp³-hybridized carbons (Fsp3) is 0.224. The molecule has 0 saturated carbocycles. The molecular weight excluding hydrogens is 1150 g/mol. The number of anilines is 1. The van der Waals surface area contributed by atoms with Crippen LogP contribution in [0.3, 0.4) is 0 Å². The molecule has 3 heterocycles. The van der Waals surface area contributed by atoms with E-state index in [4.69, 9.17) is 25.1 Å². The van der Waals surface area contributed by atoms with Crippen molar-refractivity contribution < 1.29 is 40.9 Å². The first-order valence-electron chi connectivity index (χ1n) is 19.7. The number of aliphatic hydroxyl groups is 1. The summed E-state index contributed by atoms with van der Waals surface area (Å²) in [5.41, 5.74) is 16.7. The number of nitrogen functional groups attached to an aromatic ring is 1. The number of ether oxygens (including phenoxy) is 1. The summed E-state index contributed by atoms with van der Waals surface area (Å²) >= 11 is 5.30. The molecule has 0 radical (unpaired) electrons. The number of carbonyl (C=O) groups is 1. The van der Waals surface area contributed by atoms with Crippen molar-refractivity contribution in [1.82, 2.24) is 4.98 Å². The minimum absolute atomic E-state index is 0.0666. The summed E-state index contributed by atoms with van der Waals surface area (Å²) in [7, 11) is -2.40. The van der Waals surface area contributed by atoms with Crippen LogP contribution in [0.5, 0.6) is 5.75 Å². The Bertz CT molecular complexity index is 2720. The van der Waals surface area contributed by atoms with Gasteiger partial charge in [0.2, 0.25) is 0 Å². The molecule has 0 atom stereocenters. The maximum atomic E-state index is 10.9. The van der Waals surface area contributed by atoms with E-state index in [2.05, 4.69) is 117 Å². The number of fused-ring (bicyclic) bond motifs is 3. The zero-order chi connectivity index (χ0) is 46.4. The number of methoxy groups -OCH3 is 1. The summed E-state index contributed by atoms with van der Waals surface area (Å²) in [5.74, 6) is 0.801. The van der Waals surface area contributed by atoms with E-state index in [1.807, 2.05) is 69.4 Å². The standard InChI is InChI=1S/C21H20N2.C14H15NO2.C7H9NO.C7H8O3S.I3/c1-14-8-9-15-11-17(13-22-19(15)10-14)20-18-7-5-4-6-16(18)12-21(2,3)23-20;1-14(2)7-10-5-3-4-6-12(10)13(15-14)11(8-16)9-17;1-9-7-4-2-3-6(8)5-7;1-6-2-4-7(5-3-6)11(8,9)10;1-3-2/h4-11,13H,12H2,1-3H3;3-6,8-9,16H,7H2,1-2H3;2-5H,8H2,1H3;2-5H,1H3,(H,8,9,10);/q;;;;-1. The Morgan fingerprint density at radius 3 is 1.90 bits per heavy atom. The topological polar surface area (TPSA) is 165 Å². The first-order valence-corrected chi connectivity index (χ1v) is 33.7. The number of aromatic nitrogens is 1. The van der Waals surface area contributed by atoms with E-state index in [9.17, 15) is 13.2 Å². The number of rotatable bonds is 5. The molecule has 0 fully saturated rings. The normalized spacial score (nSPS) is 14.4. The molecule has 0 unspecified atom stereocenters. The SMILES string of the molecule is CC1(C)Cc2ccccc2C(C(C=O)=CO)=N1.COc1cccc(N)c1.Cc1ccc(S(=O)(=O)O)cc1.Cc1ccc2cc(C3=NC(C)(C)Cc4ccccc43)cnc2c1.I[I-]I. The number of pyridine rings is 1. The Balaban J connectivity index is 0.000000192. The number of aryl methyl sites for hydroxylation is 2. The van der Waals surface area contributed by atoms with Gasteiger partial charge in [0.25, 0.3) is 10.1 Å². The third kappa shape index (κ3) is 15.5. The molecule has 10 nitrogen and oxygen atoms in total. The third-order valence-electron chi connectivity index (χ3n) is 9.69. The Labute approximate surface area is 401 Å². The molecule has 5 aromatic carbocycles. The molecule has 0 spiro atoms. The number of allylic oxidation sites excluding steroid dienone is 1. The number of nitrogens with zero attached hydrogens (tertiary/aromatic N) is 3. The van der Waals surface area contributed by atoms with Gasteiger partial charge in [0.05, 0.1) is 51.9 Å². The van der Waals surface area contributed by atoms with Crippen LogP contribution in [0.25, 0.3) is 10.9 Å². The van der Waals surface area contributed by atoms with Crippen LogP contribution in [0.2, 0.25) is 0 Å². The van der Waals surface area contributed by atoms with Crippen molar-refractivity contribution in [3.8, 4) is 5.75 Å². The van der Waals surface area contributed by atoms with Gasteiger partial charge in [-0.1, -0.05) is 84.4 Å². The predicted molar refractivity (Wildman–Crippen MR) is 270 cm³/mol. The van der Waals surface area contributed by atoms with Crippen LogP contribution in [0, 0.1) is 13.8 Å². The van der Waals surface area contributed by atoms with Gasteiger partial charge in [-0.25, -0.2) is 0 Å². The van der Waals surface area contributed by atoms with Crippen LogP contribution >= 0.6 is 37.2 Å². The van der Waals surface area contributed by atoms with Gasteiger partial charge in [-0.3, -0.25) is 24.3 Å². The average Bonchev–Trinajstić information content (AvgIpc) is 3.24. The van der Waals surface area contributed by atoms with Gasteiger partial charge in [0.15, 0.2) is 6.29 Å². The van der Waals surface area contributed by atoms with Crippen molar-refractivity contribution >= 4 is 81.6 Å². The zero-order valence-electron chi connectivity index (χ0n) is 36.2. The van der Waals surface area contributed by atoms with E-state index in [1.165, 1.54) is 28.8 Å². The molecule has 63 heavy (non-hydrogen) atoms. The number of benzene rings is 5. The second-order valence-corrected chi connectivity index (χ2v) is 33.6. The average molecular weight is 1210 g/mol. The molecule has 0 saturated heterocycles. The van der Waals surface area contributed by atoms with Gasteiger partial charge in [-0.2, -0.15) is 8.42 Å². The van der Waals surface area contributed by atoms with Crippen molar-refractivity contribution in [2.75, 3.05) is 12.8 Å². The molecule has 4 N–H and O–H groups in total. The first kappa shape index (κ1) is 51.4. The van der Waals surface area contributed by atoms with E-state index in [0.29, 0.717) is 25.3 Å². The molecule has 0 amide bonds. The molecular formula is C49H52I3N4O6S-. The Kier molecular flexibility index (Phi) is 19.3. The van der Waals surface area contributed by atoms with Gasteiger partial charge in [-0.15, -0.1) is 0 Å². The van der Waals surface area contributed by atoms with Gasteiger partial charge in [0.1, 0.15) is 5.75 Å². The minimum atomic E-state index is -4.02. The molecule has 14 heteroatoms. The van der Waals surface area contributed by atoms with Crippen molar-refractivity contribution in [1.29, 1.82) is 0 Å². The van der Waals surface area contributed by atoms with E-state index in [-0.39, 0.29) is 21.5 Å². The number of aliphatic hydroxyl groups excluding tert-OH is 1. The van der Waals surface area contributed by atoms with Crippen molar-refractivity contribution in [3.05, 3.63) is 178 Å². The number of hydrogen-bond donors (Lipinski definition) is 3. The van der Waals surface area contributed by atoms with Crippen LogP contribution in [0.15, 0.2) is 154 Å². The summed E-state index contributed by atoms with van der Waals surface area (Å²) in [6, 6.07) is 38.3. The molecule has 0 bridgehead atoms. The maximum absolute atomic E-state index is 10.9. The molecule has 332 valence electrons. The first-order chi connectivity index (χ1) is 29.8. The summed E-state index contributed by atoms with van der Waals surface area (Å²) in [6.07, 6.45) is 5.23. The monoisotopic (exact) mass is 1210 g/mol. The van der Waals surface area contributed by atoms with Crippen LogP contribution in [-0.2, 0) is 27.8 Å². The predicted octanol–water partition coefficient (Wildman–Crippen LogP) is 8.46. The Morgan fingerprint density at radius 2 is 1.35 bits per heavy atom. The van der Waals surface area contributed by atoms with Gasteiger partial charge >= 0.3 is 50.5 Å². The van der Waals surface area contributed by atoms with Crippen LogP contribution < -0.4 is 23.7 Å².